The minimum Gasteiger partial charge on any atom is -0.380 e. The van der Waals surface area contributed by atoms with Crippen molar-refractivity contribution in [2.75, 3.05) is 19.8 Å². The minimum atomic E-state index is -0.0260. The maximum atomic E-state index is 13.9. The summed E-state index contributed by atoms with van der Waals surface area (Å²) in [5.41, 5.74) is 2.61. The summed E-state index contributed by atoms with van der Waals surface area (Å²) in [5.74, 6) is -0.0260. The fourth-order valence-electron chi connectivity index (χ4n) is 4.01. The fourth-order valence-corrected chi connectivity index (χ4v) is 4.01. The number of benzene rings is 1. The fraction of sp³-hybridized carbons (Fsp3) is 0.625. The van der Waals surface area contributed by atoms with Gasteiger partial charge in [0.1, 0.15) is 5.82 Å². The first-order valence-electron chi connectivity index (χ1n) is 7.34. The molecule has 1 atom stereocenters. The molecule has 1 unspecified atom stereocenters. The summed E-state index contributed by atoms with van der Waals surface area (Å²) in [6, 6.07) is 6.14. The Labute approximate surface area is 113 Å². The highest BCUT2D eigenvalue weighted by Crippen LogP contribution is 2.46. The molecule has 2 heterocycles. The lowest BCUT2D eigenvalue weighted by molar-refractivity contribution is -0.111. The Morgan fingerprint density at radius 2 is 2.21 bits per heavy atom. The summed E-state index contributed by atoms with van der Waals surface area (Å²) in [4.78, 5) is 2.50. The third-order valence-electron chi connectivity index (χ3n) is 5.25. The Bertz CT molecular complexity index is 498. The Hall–Kier alpha value is -0.930. The van der Waals surface area contributed by atoms with Gasteiger partial charge in [-0.05, 0) is 37.3 Å². The molecular weight excluding hydrogens is 241 g/mol. The standard InChI is InChI=1S/C16H20FNO/c17-15-3-1-2-12-5-7-18(9-14(12)15)13-4-6-16(8-13)10-19-11-16/h1-3,13H,4-11H2. The Morgan fingerprint density at radius 3 is 2.95 bits per heavy atom. The van der Waals surface area contributed by atoms with E-state index in [1.165, 1.54) is 24.8 Å². The monoisotopic (exact) mass is 261 g/mol. The molecule has 1 saturated carbocycles. The van der Waals surface area contributed by atoms with Crippen LogP contribution in [-0.2, 0) is 17.7 Å². The van der Waals surface area contributed by atoms with Gasteiger partial charge < -0.3 is 4.74 Å². The van der Waals surface area contributed by atoms with Gasteiger partial charge in [0.15, 0.2) is 0 Å². The van der Waals surface area contributed by atoms with Crippen LogP contribution in [0.15, 0.2) is 18.2 Å². The number of nitrogens with zero attached hydrogens (tertiary/aromatic N) is 1. The van der Waals surface area contributed by atoms with Crippen molar-refractivity contribution < 1.29 is 9.13 Å². The predicted octanol–water partition coefficient (Wildman–Crippen LogP) is 2.75. The van der Waals surface area contributed by atoms with Crippen LogP contribution in [0, 0.1) is 11.2 Å². The maximum absolute atomic E-state index is 13.9. The van der Waals surface area contributed by atoms with Crippen molar-refractivity contribution in [2.24, 2.45) is 5.41 Å². The molecule has 2 nitrogen and oxygen atoms in total. The van der Waals surface area contributed by atoms with Gasteiger partial charge in [-0.25, -0.2) is 4.39 Å². The molecule has 1 spiro atoms. The van der Waals surface area contributed by atoms with E-state index in [0.29, 0.717) is 11.5 Å². The average molecular weight is 261 g/mol. The summed E-state index contributed by atoms with van der Waals surface area (Å²) in [5, 5.41) is 0. The molecule has 1 aliphatic carbocycles. The van der Waals surface area contributed by atoms with Crippen molar-refractivity contribution >= 4 is 0 Å². The molecule has 1 aromatic rings. The van der Waals surface area contributed by atoms with Crippen LogP contribution >= 0.6 is 0 Å². The minimum absolute atomic E-state index is 0.0260. The molecule has 3 aliphatic rings. The molecule has 19 heavy (non-hydrogen) atoms. The highest BCUT2D eigenvalue weighted by molar-refractivity contribution is 5.30. The third-order valence-corrected chi connectivity index (χ3v) is 5.25. The van der Waals surface area contributed by atoms with Crippen LogP contribution in [0.3, 0.4) is 0 Å². The van der Waals surface area contributed by atoms with Crippen LogP contribution in [0.5, 0.6) is 0 Å². The Morgan fingerprint density at radius 1 is 1.32 bits per heavy atom. The number of hydrogen-bond donors (Lipinski definition) is 0. The van der Waals surface area contributed by atoms with Crippen LogP contribution in [-0.4, -0.2) is 30.7 Å². The van der Waals surface area contributed by atoms with E-state index in [2.05, 4.69) is 11.0 Å². The highest BCUT2D eigenvalue weighted by atomic mass is 19.1. The lowest BCUT2D eigenvalue weighted by atomic mass is 9.84. The van der Waals surface area contributed by atoms with E-state index < -0.39 is 0 Å². The van der Waals surface area contributed by atoms with E-state index >= 15 is 0 Å². The molecular formula is C16H20FNO. The second-order valence-corrected chi connectivity index (χ2v) is 6.49. The van der Waals surface area contributed by atoms with Gasteiger partial charge in [0.2, 0.25) is 0 Å². The van der Waals surface area contributed by atoms with E-state index in [-0.39, 0.29) is 5.82 Å². The van der Waals surface area contributed by atoms with E-state index in [9.17, 15) is 4.39 Å². The van der Waals surface area contributed by atoms with E-state index in [0.717, 1.165) is 38.3 Å². The molecule has 1 aromatic carbocycles. The first-order chi connectivity index (χ1) is 9.26. The average Bonchev–Trinajstić information content (AvgIpc) is 2.84. The SMILES string of the molecule is Fc1cccc2c1CN(C1CCC3(COC3)C1)CC2. The van der Waals surface area contributed by atoms with Crippen LogP contribution in [0.25, 0.3) is 0 Å². The normalized spacial score (nSPS) is 29.2. The zero-order valence-corrected chi connectivity index (χ0v) is 11.2. The summed E-state index contributed by atoms with van der Waals surface area (Å²) >= 11 is 0. The molecule has 4 rings (SSSR count). The van der Waals surface area contributed by atoms with Crippen molar-refractivity contribution in [3.8, 4) is 0 Å². The van der Waals surface area contributed by atoms with E-state index in [1.54, 1.807) is 6.07 Å². The number of halogens is 1. The second kappa shape index (κ2) is 4.29. The number of rotatable bonds is 1. The molecule has 0 radical (unpaired) electrons. The molecule has 1 saturated heterocycles. The molecule has 0 aromatic heterocycles. The van der Waals surface area contributed by atoms with Crippen molar-refractivity contribution in [3.05, 3.63) is 35.1 Å². The zero-order valence-electron chi connectivity index (χ0n) is 11.2. The quantitative estimate of drug-likeness (QED) is 0.770. The third kappa shape index (κ3) is 1.91. The van der Waals surface area contributed by atoms with Gasteiger partial charge in [-0.3, -0.25) is 4.90 Å². The molecule has 0 amide bonds. The molecule has 0 bridgehead atoms. The summed E-state index contributed by atoms with van der Waals surface area (Å²) in [7, 11) is 0. The van der Waals surface area contributed by atoms with Crippen molar-refractivity contribution in [2.45, 2.75) is 38.3 Å². The van der Waals surface area contributed by atoms with E-state index in [4.69, 9.17) is 4.74 Å². The Balaban J connectivity index is 1.51. The number of hydrogen-bond acceptors (Lipinski definition) is 2. The second-order valence-electron chi connectivity index (χ2n) is 6.49. The first kappa shape index (κ1) is 11.9. The molecule has 2 aliphatic heterocycles. The lowest BCUT2D eigenvalue weighted by Crippen LogP contribution is -2.43. The van der Waals surface area contributed by atoms with Crippen LogP contribution in [0.1, 0.15) is 30.4 Å². The topological polar surface area (TPSA) is 12.5 Å². The largest absolute Gasteiger partial charge is 0.380 e. The molecule has 2 fully saturated rings. The molecule has 3 heteroatoms. The summed E-state index contributed by atoms with van der Waals surface area (Å²) < 4.78 is 19.3. The van der Waals surface area contributed by atoms with Gasteiger partial charge >= 0.3 is 0 Å². The van der Waals surface area contributed by atoms with E-state index in [1.807, 2.05) is 6.07 Å². The van der Waals surface area contributed by atoms with Crippen molar-refractivity contribution in [1.29, 1.82) is 0 Å². The van der Waals surface area contributed by atoms with Gasteiger partial charge in [0, 0.05) is 30.1 Å². The number of fused-ring (bicyclic) bond motifs is 1. The van der Waals surface area contributed by atoms with Gasteiger partial charge in [0.05, 0.1) is 13.2 Å². The molecule has 102 valence electrons. The predicted molar refractivity (Wildman–Crippen MR) is 71.4 cm³/mol. The first-order valence-corrected chi connectivity index (χ1v) is 7.34. The van der Waals surface area contributed by atoms with Gasteiger partial charge in [-0.1, -0.05) is 12.1 Å². The maximum Gasteiger partial charge on any atom is 0.127 e. The van der Waals surface area contributed by atoms with Gasteiger partial charge in [0.25, 0.3) is 0 Å². The Kier molecular flexibility index (Phi) is 2.68. The highest BCUT2D eigenvalue weighted by Gasteiger charge is 2.46. The summed E-state index contributed by atoms with van der Waals surface area (Å²) in [6.45, 7) is 3.77. The van der Waals surface area contributed by atoms with Crippen molar-refractivity contribution in [1.82, 2.24) is 4.90 Å². The van der Waals surface area contributed by atoms with Gasteiger partial charge in [-0.2, -0.15) is 0 Å². The van der Waals surface area contributed by atoms with Gasteiger partial charge in [-0.15, -0.1) is 0 Å². The summed E-state index contributed by atoms with van der Waals surface area (Å²) in [6.07, 6.45) is 4.79. The van der Waals surface area contributed by atoms with Crippen molar-refractivity contribution in [3.63, 3.8) is 0 Å². The van der Waals surface area contributed by atoms with Crippen LogP contribution in [0.2, 0.25) is 0 Å². The molecule has 0 N–H and O–H groups in total. The number of ether oxygens (including phenoxy) is 1. The van der Waals surface area contributed by atoms with Crippen LogP contribution < -0.4 is 0 Å². The van der Waals surface area contributed by atoms with Crippen LogP contribution in [0.4, 0.5) is 4.39 Å². The smallest absolute Gasteiger partial charge is 0.127 e. The lowest BCUT2D eigenvalue weighted by Gasteiger charge is -2.40. The zero-order chi connectivity index (χ0) is 12.9.